The summed E-state index contributed by atoms with van der Waals surface area (Å²) in [6, 6.07) is 4.29. The number of rotatable bonds is 4. The summed E-state index contributed by atoms with van der Waals surface area (Å²) in [6.45, 7) is 6.87. The number of hydrogen-bond donors (Lipinski definition) is 2. The third-order valence-corrected chi connectivity index (χ3v) is 2.87. The van der Waals surface area contributed by atoms with Gasteiger partial charge in [-0.3, -0.25) is 4.79 Å². The van der Waals surface area contributed by atoms with E-state index in [0.717, 1.165) is 0 Å². The van der Waals surface area contributed by atoms with Crippen molar-refractivity contribution in [2.24, 2.45) is 0 Å². The first-order valence-corrected chi connectivity index (χ1v) is 6.12. The Balaban J connectivity index is 2.70. The van der Waals surface area contributed by atoms with E-state index in [9.17, 15) is 4.79 Å². The second kappa shape index (κ2) is 5.94. The minimum atomic E-state index is 0.0642. The summed E-state index contributed by atoms with van der Waals surface area (Å²) in [6.07, 6.45) is 0.479. The van der Waals surface area contributed by atoms with Gasteiger partial charge in [-0.25, -0.2) is 0 Å². The molecule has 0 radical (unpaired) electrons. The Hall–Kier alpha value is -0.960. The quantitative estimate of drug-likeness (QED) is 0.774. The molecule has 1 rings (SSSR count). The summed E-state index contributed by atoms with van der Waals surface area (Å²) in [7, 11) is 0. The van der Waals surface area contributed by atoms with Crippen molar-refractivity contribution in [1.82, 2.24) is 5.32 Å². The van der Waals surface area contributed by atoms with Crippen LogP contribution in [0, 0.1) is 20.8 Å². The second-order valence-corrected chi connectivity index (χ2v) is 4.57. The highest BCUT2D eigenvalue weighted by Gasteiger charge is 2.05. The largest absolute Gasteiger partial charge is 0.352 e. The molecule has 0 aromatic heterocycles. The van der Waals surface area contributed by atoms with Crippen LogP contribution in [-0.2, 0) is 11.3 Å². The van der Waals surface area contributed by atoms with E-state index in [4.69, 9.17) is 0 Å². The number of thiol groups is 1. The summed E-state index contributed by atoms with van der Waals surface area (Å²) >= 11 is 4.03. The molecule has 0 heterocycles. The Morgan fingerprint density at radius 2 is 1.81 bits per heavy atom. The minimum absolute atomic E-state index is 0.0642. The number of carbonyl (C=O) groups is 1. The summed E-state index contributed by atoms with van der Waals surface area (Å²) in [4.78, 5) is 11.3. The summed E-state index contributed by atoms with van der Waals surface area (Å²) in [5, 5.41) is 2.91. The van der Waals surface area contributed by atoms with Gasteiger partial charge in [-0.15, -0.1) is 0 Å². The third-order valence-electron chi connectivity index (χ3n) is 2.64. The molecule has 0 bridgehead atoms. The average Bonchev–Trinajstić information content (AvgIpc) is 2.16. The molecule has 0 saturated heterocycles. The van der Waals surface area contributed by atoms with Gasteiger partial charge in [0.1, 0.15) is 0 Å². The zero-order valence-electron chi connectivity index (χ0n) is 10.1. The van der Waals surface area contributed by atoms with Crippen molar-refractivity contribution < 1.29 is 4.79 Å². The number of nitrogens with one attached hydrogen (secondary N) is 1. The van der Waals surface area contributed by atoms with Crippen molar-refractivity contribution in [3.8, 4) is 0 Å². The molecule has 1 amide bonds. The first kappa shape index (κ1) is 13.1. The van der Waals surface area contributed by atoms with Crippen LogP contribution < -0.4 is 5.32 Å². The van der Waals surface area contributed by atoms with E-state index in [1.807, 2.05) is 0 Å². The Kier molecular flexibility index (Phi) is 4.87. The molecular formula is C13H19NOS. The predicted octanol–water partition coefficient (Wildman–Crippen LogP) is 2.55. The van der Waals surface area contributed by atoms with Crippen molar-refractivity contribution in [3.05, 3.63) is 34.4 Å². The van der Waals surface area contributed by atoms with Gasteiger partial charge >= 0.3 is 0 Å². The van der Waals surface area contributed by atoms with Gasteiger partial charge in [0.2, 0.25) is 5.91 Å². The van der Waals surface area contributed by atoms with Crippen LogP contribution in [0.5, 0.6) is 0 Å². The highest BCUT2D eigenvalue weighted by molar-refractivity contribution is 7.80. The molecule has 16 heavy (non-hydrogen) atoms. The molecule has 88 valence electrons. The lowest BCUT2D eigenvalue weighted by Gasteiger charge is -2.12. The van der Waals surface area contributed by atoms with Crippen LogP contribution >= 0.6 is 12.6 Å². The van der Waals surface area contributed by atoms with Crippen molar-refractivity contribution >= 4 is 18.5 Å². The zero-order chi connectivity index (χ0) is 12.1. The first-order valence-electron chi connectivity index (χ1n) is 5.49. The molecule has 0 atom stereocenters. The van der Waals surface area contributed by atoms with Gasteiger partial charge in [-0.05, 0) is 43.2 Å². The van der Waals surface area contributed by atoms with Gasteiger partial charge in [-0.1, -0.05) is 17.7 Å². The van der Waals surface area contributed by atoms with Gasteiger partial charge in [0, 0.05) is 13.0 Å². The molecule has 0 aliphatic heterocycles. The van der Waals surface area contributed by atoms with E-state index in [2.05, 4.69) is 50.8 Å². The lowest BCUT2D eigenvalue weighted by atomic mass is 10.00. The van der Waals surface area contributed by atoms with Crippen LogP contribution in [0.1, 0.15) is 28.7 Å². The molecule has 1 N–H and O–H groups in total. The monoisotopic (exact) mass is 237 g/mol. The molecule has 0 unspecified atom stereocenters. The van der Waals surface area contributed by atoms with E-state index >= 15 is 0 Å². The van der Waals surface area contributed by atoms with E-state index in [1.54, 1.807) is 0 Å². The maximum atomic E-state index is 11.3. The van der Waals surface area contributed by atoms with Crippen LogP contribution in [0.4, 0.5) is 0 Å². The SMILES string of the molecule is Cc1cc(C)c(CNC(=O)CCS)c(C)c1. The van der Waals surface area contributed by atoms with Crippen LogP contribution in [0.3, 0.4) is 0 Å². The van der Waals surface area contributed by atoms with Crippen molar-refractivity contribution in [2.75, 3.05) is 5.75 Å². The normalized spacial score (nSPS) is 10.2. The molecule has 1 aromatic rings. The first-order chi connectivity index (χ1) is 7.54. The molecule has 2 nitrogen and oxygen atoms in total. The van der Waals surface area contributed by atoms with Gasteiger partial charge < -0.3 is 5.32 Å². The molecule has 0 aliphatic rings. The molecule has 0 spiro atoms. The van der Waals surface area contributed by atoms with Crippen molar-refractivity contribution in [1.29, 1.82) is 0 Å². The maximum absolute atomic E-state index is 11.3. The molecule has 0 aliphatic carbocycles. The third kappa shape index (κ3) is 3.56. The maximum Gasteiger partial charge on any atom is 0.221 e. The number of aryl methyl sites for hydroxylation is 3. The Morgan fingerprint density at radius 1 is 1.25 bits per heavy atom. The fourth-order valence-electron chi connectivity index (χ4n) is 1.87. The van der Waals surface area contributed by atoms with Crippen LogP contribution in [0.15, 0.2) is 12.1 Å². The van der Waals surface area contributed by atoms with E-state index in [0.29, 0.717) is 18.7 Å². The fraction of sp³-hybridized carbons (Fsp3) is 0.462. The average molecular weight is 237 g/mol. The summed E-state index contributed by atoms with van der Waals surface area (Å²) in [5.41, 5.74) is 4.96. The van der Waals surface area contributed by atoms with Gasteiger partial charge in [0.25, 0.3) is 0 Å². The molecule has 0 fully saturated rings. The zero-order valence-corrected chi connectivity index (χ0v) is 11.0. The van der Waals surface area contributed by atoms with Crippen LogP contribution in [-0.4, -0.2) is 11.7 Å². The predicted molar refractivity (Wildman–Crippen MR) is 71.0 cm³/mol. The summed E-state index contributed by atoms with van der Waals surface area (Å²) < 4.78 is 0. The van der Waals surface area contributed by atoms with E-state index in [1.165, 1.54) is 22.3 Å². The highest BCUT2D eigenvalue weighted by atomic mass is 32.1. The molecular weight excluding hydrogens is 218 g/mol. The summed E-state index contributed by atoms with van der Waals surface area (Å²) in [5.74, 6) is 0.659. The number of hydrogen-bond acceptors (Lipinski definition) is 2. The number of benzene rings is 1. The van der Waals surface area contributed by atoms with E-state index < -0.39 is 0 Å². The molecule has 3 heteroatoms. The lowest BCUT2D eigenvalue weighted by Crippen LogP contribution is -2.23. The van der Waals surface area contributed by atoms with Gasteiger partial charge in [-0.2, -0.15) is 12.6 Å². The molecule has 1 aromatic carbocycles. The fourth-order valence-corrected chi connectivity index (χ4v) is 2.07. The van der Waals surface area contributed by atoms with Crippen molar-refractivity contribution in [3.63, 3.8) is 0 Å². The second-order valence-electron chi connectivity index (χ2n) is 4.13. The standard InChI is InChI=1S/C13H19NOS/c1-9-6-10(2)12(11(3)7-9)8-14-13(15)4-5-16/h6-7,16H,4-5,8H2,1-3H3,(H,14,15). The van der Waals surface area contributed by atoms with Crippen LogP contribution in [0.25, 0.3) is 0 Å². The van der Waals surface area contributed by atoms with Crippen LogP contribution in [0.2, 0.25) is 0 Å². The Labute approximate surface area is 103 Å². The van der Waals surface area contributed by atoms with Gasteiger partial charge in [0.05, 0.1) is 0 Å². The van der Waals surface area contributed by atoms with Gasteiger partial charge in [0.15, 0.2) is 0 Å². The highest BCUT2D eigenvalue weighted by Crippen LogP contribution is 2.15. The number of carbonyl (C=O) groups excluding carboxylic acids is 1. The van der Waals surface area contributed by atoms with Crippen molar-refractivity contribution in [2.45, 2.75) is 33.7 Å². The Morgan fingerprint density at radius 3 is 2.31 bits per heavy atom. The minimum Gasteiger partial charge on any atom is -0.352 e. The smallest absolute Gasteiger partial charge is 0.221 e. The molecule has 0 saturated carbocycles. The lowest BCUT2D eigenvalue weighted by molar-refractivity contribution is -0.120. The number of amides is 1. The van der Waals surface area contributed by atoms with E-state index in [-0.39, 0.29) is 5.91 Å². The Bertz CT molecular complexity index is 365. The topological polar surface area (TPSA) is 29.1 Å².